The van der Waals surface area contributed by atoms with Crippen LogP contribution in [0.1, 0.15) is 27.4 Å². The molecule has 5 nitrogen and oxygen atoms in total. The average molecular weight is 387 g/mol. The number of carbonyl (C=O) groups is 1. The van der Waals surface area contributed by atoms with E-state index >= 15 is 0 Å². The molecule has 2 aromatic carbocycles. The number of carbonyl (C=O) groups excluding carboxylic acids is 1. The number of halogens is 1. The van der Waals surface area contributed by atoms with Crippen LogP contribution in [0.5, 0.6) is 0 Å². The number of esters is 1. The molecule has 3 aromatic rings. The number of nitrogens with zero attached hydrogens (tertiary/aromatic N) is 2. The minimum Gasteiger partial charge on any atom is -0.452 e. The van der Waals surface area contributed by atoms with Crippen LogP contribution in [0, 0.1) is 13.8 Å². The molecular weight excluding hydrogens is 372 g/mol. The number of aryl methyl sites for hydroxylation is 2. The third-order valence-electron chi connectivity index (χ3n) is 3.49. The van der Waals surface area contributed by atoms with Crippen molar-refractivity contribution in [3.05, 3.63) is 69.5 Å². The van der Waals surface area contributed by atoms with Gasteiger partial charge in [0.2, 0.25) is 5.89 Å². The summed E-state index contributed by atoms with van der Waals surface area (Å²) in [4.78, 5) is 12.1. The Morgan fingerprint density at radius 2 is 1.88 bits per heavy atom. The Labute approximate surface area is 147 Å². The molecule has 122 valence electrons. The molecule has 0 spiro atoms. The number of hydrogen-bond donors (Lipinski definition) is 0. The molecule has 0 aliphatic carbocycles. The maximum Gasteiger partial charge on any atom is 0.338 e. The number of aromatic nitrogens is 2. The monoisotopic (exact) mass is 386 g/mol. The summed E-state index contributed by atoms with van der Waals surface area (Å²) in [5, 5.41) is 7.88. The Balaban J connectivity index is 1.67. The van der Waals surface area contributed by atoms with Crippen LogP contribution < -0.4 is 0 Å². The van der Waals surface area contributed by atoms with E-state index in [0.29, 0.717) is 11.5 Å². The predicted octanol–water partition coefficient (Wildman–Crippen LogP) is 4.47. The van der Waals surface area contributed by atoms with Gasteiger partial charge in [0.25, 0.3) is 5.89 Å². The van der Waals surface area contributed by atoms with E-state index in [4.69, 9.17) is 9.15 Å². The zero-order chi connectivity index (χ0) is 17.1. The lowest BCUT2D eigenvalue weighted by molar-refractivity contribution is 0.0438. The molecule has 6 heteroatoms. The molecule has 0 saturated heterocycles. The zero-order valence-corrected chi connectivity index (χ0v) is 14.8. The van der Waals surface area contributed by atoms with E-state index in [1.807, 2.05) is 50.2 Å². The van der Waals surface area contributed by atoms with Gasteiger partial charge in [-0.05, 0) is 49.7 Å². The van der Waals surface area contributed by atoms with E-state index in [2.05, 4.69) is 26.1 Å². The predicted molar refractivity (Wildman–Crippen MR) is 92.5 cm³/mol. The Kier molecular flexibility index (Phi) is 4.76. The van der Waals surface area contributed by atoms with Gasteiger partial charge >= 0.3 is 5.97 Å². The fourth-order valence-corrected chi connectivity index (χ4v) is 2.53. The van der Waals surface area contributed by atoms with Crippen molar-refractivity contribution >= 4 is 21.9 Å². The van der Waals surface area contributed by atoms with Crippen LogP contribution in [0.15, 0.2) is 51.4 Å². The molecule has 0 radical (unpaired) electrons. The van der Waals surface area contributed by atoms with Gasteiger partial charge < -0.3 is 9.15 Å². The summed E-state index contributed by atoms with van der Waals surface area (Å²) in [6.45, 7) is 3.79. The summed E-state index contributed by atoms with van der Waals surface area (Å²) in [6, 6.07) is 13.1. The Morgan fingerprint density at radius 1 is 1.12 bits per heavy atom. The highest BCUT2D eigenvalue weighted by molar-refractivity contribution is 9.10. The van der Waals surface area contributed by atoms with Gasteiger partial charge in [-0.3, -0.25) is 0 Å². The van der Waals surface area contributed by atoms with E-state index < -0.39 is 5.97 Å². The molecular formula is C18H15BrN2O3. The van der Waals surface area contributed by atoms with Crippen LogP contribution in [0.3, 0.4) is 0 Å². The Morgan fingerprint density at radius 3 is 2.58 bits per heavy atom. The smallest absolute Gasteiger partial charge is 0.338 e. The fraction of sp³-hybridized carbons (Fsp3) is 0.167. The summed E-state index contributed by atoms with van der Waals surface area (Å²) in [6.07, 6.45) is 0. The average Bonchev–Trinajstić information content (AvgIpc) is 3.02. The first kappa shape index (κ1) is 16.4. The second kappa shape index (κ2) is 6.97. The van der Waals surface area contributed by atoms with Crippen molar-refractivity contribution in [2.45, 2.75) is 20.5 Å². The van der Waals surface area contributed by atoms with Gasteiger partial charge in [-0.1, -0.05) is 33.6 Å². The molecule has 0 N–H and O–H groups in total. The summed E-state index contributed by atoms with van der Waals surface area (Å²) >= 11 is 3.37. The van der Waals surface area contributed by atoms with Crippen LogP contribution in [-0.4, -0.2) is 16.2 Å². The van der Waals surface area contributed by atoms with Crippen molar-refractivity contribution in [3.8, 4) is 11.5 Å². The summed E-state index contributed by atoms with van der Waals surface area (Å²) in [5.74, 6) is 0.238. The first-order valence-corrected chi connectivity index (χ1v) is 8.15. The second-order valence-corrected chi connectivity index (χ2v) is 6.32. The first-order chi connectivity index (χ1) is 11.5. The fourth-order valence-electron chi connectivity index (χ4n) is 2.27. The zero-order valence-electron chi connectivity index (χ0n) is 13.2. The molecule has 1 heterocycles. The molecule has 1 aromatic heterocycles. The largest absolute Gasteiger partial charge is 0.452 e. The van der Waals surface area contributed by atoms with E-state index in [9.17, 15) is 4.79 Å². The number of rotatable bonds is 4. The van der Waals surface area contributed by atoms with Crippen molar-refractivity contribution in [3.63, 3.8) is 0 Å². The SMILES string of the molecule is Cc1ccc(C(=O)OCc2nnc(-c3ccc(Br)cc3)o2)c(C)c1. The van der Waals surface area contributed by atoms with Gasteiger partial charge in [0.1, 0.15) is 0 Å². The summed E-state index contributed by atoms with van der Waals surface area (Å²) in [5.41, 5.74) is 3.31. The number of ether oxygens (including phenoxy) is 1. The topological polar surface area (TPSA) is 65.2 Å². The Hall–Kier alpha value is -2.47. The maximum absolute atomic E-state index is 12.1. The van der Waals surface area contributed by atoms with E-state index in [1.54, 1.807) is 6.07 Å². The highest BCUT2D eigenvalue weighted by atomic mass is 79.9. The van der Waals surface area contributed by atoms with E-state index in [1.165, 1.54) is 0 Å². The number of hydrogen-bond acceptors (Lipinski definition) is 5. The standard InChI is InChI=1S/C18H15BrN2O3/c1-11-3-8-15(12(2)9-11)18(22)23-10-16-20-21-17(24-16)13-4-6-14(19)7-5-13/h3-9H,10H2,1-2H3. The molecule has 0 bridgehead atoms. The molecule has 3 rings (SSSR count). The van der Waals surface area contributed by atoms with Crippen LogP contribution in [-0.2, 0) is 11.3 Å². The van der Waals surface area contributed by atoms with Crippen molar-refractivity contribution in [1.29, 1.82) is 0 Å². The van der Waals surface area contributed by atoms with Gasteiger partial charge in [0.15, 0.2) is 6.61 Å². The van der Waals surface area contributed by atoms with Crippen LogP contribution in [0.2, 0.25) is 0 Å². The molecule has 0 aliphatic heterocycles. The molecule has 0 atom stereocenters. The molecule has 0 fully saturated rings. The minimum absolute atomic E-state index is 0.0598. The maximum atomic E-state index is 12.1. The normalized spacial score (nSPS) is 10.6. The van der Waals surface area contributed by atoms with Crippen molar-refractivity contribution in [1.82, 2.24) is 10.2 Å². The summed E-state index contributed by atoms with van der Waals surface area (Å²) in [7, 11) is 0. The highest BCUT2D eigenvalue weighted by Gasteiger charge is 2.14. The highest BCUT2D eigenvalue weighted by Crippen LogP contribution is 2.21. The van der Waals surface area contributed by atoms with Gasteiger partial charge in [-0.15, -0.1) is 10.2 Å². The van der Waals surface area contributed by atoms with Gasteiger partial charge in [-0.2, -0.15) is 0 Å². The van der Waals surface area contributed by atoms with E-state index in [0.717, 1.165) is 21.2 Å². The third kappa shape index (κ3) is 3.71. The lowest BCUT2D eigenvalue weighted by Crippen LogP contribution is -2.07. The molecule has 0 amide bonds. The minimum atomic E-state index is -0.407. The van der Waals surface area contributed by atoms with Crippen LogP contribution >= 0.6 is 15.9 Å². The van der Waals surface area contributed by atoms with E-state index in [-0.39, 0.29) is 12.5 Å². The van der Waals surface area contributed by atoms with Gasteiger partial charge in [0.05, 0.1) is 5.56 Å². The number of benzene rings is 2. The first-order valence-electron chi connectivity index (χ1n) is 7.35. The lowest BCUT2D eigenvalue weighted by Gasteiger charge is -2.06. The summed E-state index contributed by atoms with van der Waals surface area (Å²) < 4.78 is 11.8. The van der Waals surface area contributed by atoms with Gasteiger partial charge in [-0.25, -0.2) is 4.79 Å². The second-order valence-electron chi connectivity index (χ2n) is 5.40. The molecule has 24 heavy (non-hydrogen) atoms. The van der Waals surface area contributed by atoms with Crippen LogP contribution in [0.4, 0.5) is 0 Å². The molecule has 0 unspecified atom stereocenters. The molecule has 0 aliphatic rings. The quantitative estimate of drug-likeness (QED) is 0.618. The van der Waals surface area contributed by atoms with Crippen LogP contribution in [0.25, 0.3) is 11.5 Å². The van der Waals surface area contributed by atoms with Crippen molar-refractivity contribution in [2.24, 2.45) is 0 Å². The molecule has 0 saturated carbocycles. The third-order valence-corrected chi connectivity index (χ3v) is 4.02. The van der Waals surface area contributed by atoms with Crippen molar-refractivity contribution < 1.29 is 13.9 Å². The van der Waals surface area contributed by atoms with Crippen molar-refractivity contribution in [2.75, 3.05) is 0 Å². The lowest BCUT2D eigenvalue weighted by atomic mass is 10.1. The Bertz CT molecular complexity index is 872. The van der Waals surface area contributed by atoms with Gasteiger partial charge in [0, 0.05) is 10.0 Å².